The first-order valence-electron chi connectivity index (χ1n) is 6.39. The van der Waals surface area contributed by atoms with Gasteiger partial charge in [0.2, 0.25) is 0 Å². The number of amidine groups is 1. The lowest BCUT2D eigenvalue weighted by Crippen LogP contribution is -2.36. The zero-order valence-corrected chi connectivity index (χ0v) is 11.1. The molecule has 0 saturated heterocycles. The van der Waals surface area contributed by atoms with E-state index in [9.17, 15) is 0 Å². The molecule has 1 aliphatic rings. The van der Waals surface area contributed by atoms with Gasteiger partial charge in [-0.05, 0) is 44.0 Å². The first kappa shape index (κ1) is 12.9. The number of nitrogens with two attached hydrogens (primary N) is 1. The van der Waals surface area contributed by atoms with Gasteiger partial charge in [0.15, 0.2) is 5.84 Å². The largest absolute Gasteiger partial charge is 0.409 e. The fraction of sp³-hybridized carbons (Fsp3) is 0.500. The lowest BCUT2D eigenvalue weighted by molar-refractivity contribution is 0.152. The van der Waals surface area contributed by atoms with Crippen molar-refractivity contribution < 1.29 is 5.21 Å². The van der Waals surface area contributed by atoms with Crippen molar-refractivity contribution in [3.05, 3.63) is 34.9 Å². The van der Waals surface area contributed by atoms with Gasteiger partial charge in [0.25, 0.3) is 0 Å². The number of benzene rings is 1. The summed E-state index contributed by atoms with van der Waals surface area (Å²) in [6, 6.07) is 6.69. The van der Waals surface area contributed by atoms with Gasteiger partial charge in [0.05, 0.1) is 0 Å². The second-order valence-corrected chi connectivity index (χ2v) is 5.13. The molecule has 3 N–H and O–H groups in total. The summed E-state index contributed by atoms with van der Waals surface area (Å²) in [7, 11) is 2.18. The Morgan fingerprint density at radius 3 is 2.72 bits per heavy atom. The summed E-state index contributed by atoms with van der Waals surface area (Å²) < 4.78 is 0. The van der Waals surface area contributed by atoms with Gasteiger partial charge >= 0.3 is 0 Å². The Balaban J connectivity index is 2.09. The van der Waals surface area contributed by atoms with Crippen molar-refractivity contribution >= 4 is 5.84 Å². The summed E-state index contributed by atoms with van der Waals surface area (Å²) in [6.45, 7) is 3.03. The van der Waals surface area contributed by atoms with Crippen molar-refractivity contribution in [2.24, 2.45) is 10.9 Å². The maximum Gasteiger partial charge on any atom is 0.170 e. The number of oxime groups is 1. The summed E-state index contributed by atoms with van der Waals surface area (Å²) in [6.07, 6.45) is 3.99. The third-order valence-corrected chi connectivity index (χ3v) is 3.86. The molecule has 0 aliphatic heterocycles. The predicted octanol–water partition coefficient (Wildman–Crippen LogP) is 2.07. The van der Waals surface area contributed by atoms with Crippen LogP contribution in [0, 0.1) is 6.92 Å². The smallest absolute Gasteiger partial charge is 0.170 e. The van der Waals surface area contributed by atoms with Gasteiger partial charge in [-0.1, -0.05) is 23.7 Å². The van der Waals surface area contributed by atoms with Crippen molar-refractivity contribution in [3.8, 4) is 0 Å². The summed E-state index contributed by atoms with van der Waals surface area (Å²) >= 11 is 0. The Bertz CT molecular complexity index is 452. The minimum Gasteiger partial charge on any atom is -0.409 e. The van der Waals surface area contributed by atoms with Crippen LogP contribution in [0.2, 0.25) is 0 Å². The molecule has 0 unspecified atom stereocenters. The van der Waals surface area contributed by atoms with Gasteiger partial charge in [-0.25, -0.2) is 0 Å². The fourth-order valence-corrected chi connectivity index (χ4v) is 2.32. The lowest BCUT2D eigenvalue weighted by Gasteiger charge is -2.35. The number of hydrogen-bond acceptors (Lipinski definition) is 3. The molecule has 18 heavy (non-hydrogen) atoms. The molecular formula is C14H21N3O. The Morgan fingerprint density at radius 2 is 2.22 bits per heavy atom. The van der Waals surface area contributed by atoms with Crippen molar-refractivity contribution in [3.63, 3.8) is 0 Å². The zero-order chi connectivity index (χ0) is 13.1. The van der Waals surface area contributed by atoms with Crippen LogP contribution < -0.4 is 5.73 Å². The van der Waals surface area contributed by atoms with Gasteiger partial charge in [0, 0.05) is 18.2 Å². The van der Waals surface area contributed by atoms with E-state index >= 15 is 0 Å². The monoisotopic (exact) mass is 247 g/mol. The van der Waals surface area contributed by atoms with Crippen LogP contribution in [0.15, 0.2) is 23.4 Å². The molecule has 2 rings (SSSR count). The molecule has 1 aliphatic carbocycles. The lowest BCUT2D eigenvalue weighted by atomic mass is 9.91. The minimum atomic E-state index is 0.164. The van der Waals surface area contributed by atoms with E-state index in [1.165, 1.54) is 30.4 Å². The van der Waals surface area contributed by atoms with E-state index in [1.807, 2.05) is 12.1 Å². The van der Waals surface area contributed by atoms with E-state index in [-0.39, 0.29) is 5.84 Å². The number of nitrogens with zero attached hydrogens (tertiary/aromatic N) is 2. The van der Waals surface area contributed by atoms with Crippen molar-refractivity contribution in [2.45, 2.75) is 38.8 Å². The Hall–Kier alpha value is -1.55. The standard InChI is InChI=1S/C14H21N3O/c1-10-8-11(14(15)16-18)6-7-12(10)9-17(2)13-4-3-5-13/h6-8,13,18H,3-5,9H2,1-2H3,(H2,15,16). The second-order valence-electron chi connectivity index (χ2n) is 5.13. The molecular weight excluding hydrogens is 226 g/mol. The molecule has 1 aromatic carbocycles. The van der Waals surface area contributed by atoms with E-state index in [0.717, 1.165) is 18.2 Å². The van der Waals surface area contributed by atoms with Crippen LogP contribution in [-0.4, -0.2) is 29.0 Å². The topological polar surface area (TPSA) is 61.9 Å². The molecule has 0 amide bonds. The Morgan fingerprint density at radius 1 is 1.50 bits per heavy atom. The molecule has 0 bridgehead atoms. The van der Waals surface area contributed by atoms with Gasteiger partial charge in [-0.3, -0.25) is 4.90 Å². The van der Waals surface area contributed by atoms with E-state index in [2.05, 4.69) is 30.1 Å². The molecule has 0 heterocycles. The highest BCUT2D eigenvalue weighted by molar-refractivity contribution is 5.97. The molecule has 0 radical (unpaired) electrons. The summed E-state index contributed by atoms with van der Waals surface area (Å²) in [5.74, 6) is 0.164. The normalized spacial score (nSPS) is 16.9. The van der Waals surface area contributed by atoms with Gasteiger partial charge in [-0.2, -0.15) is 0 Å². The highest BCUT2D eigenvalue weighted by atomic mass is 16.4. The third-order valence-electron chi connectivity index (χ3n) is 3.86. The molecule has 1 fully saturated rings. The van der Waals surface area contributed by atoms with Crippen LogP contribution in [-0.2, 0) is 6.54 Å². The Labute approximate surface area is 108 Å². The molecule has 0 atom stereocenters. The highest BCUT2D eigenvalue weighted by Crippen LogP contribution is 2.25. The van der Waals surface area contributed by atoms with Crippen LogP contribution in [0.4, 0.5) is 0 Å². The van der Waals surface area contributed by atoms with E-state index in [1.54, 1.807) is 0 Å². The van der Waals surface area contributed by atoms with Crippen molar-refractivity contribution in [1.82, 2.24) is 4.90 Å². The maximum absolute atomic E-state index is 8.66. The molecule has 4 nitrogen and oxygen atoms in total. The average molecular weight is 247 g/mol. The van der Waals surface area contributed by atoms with Gasteiger partial charge in [-0.15, -0.1) is 0 Å². The van der Waals surface area contributed by atoms with Crippen LogP contribution in [0.5, 0.6) is 0 Å². The van der Waals surface area contributed by atoms with E-state index < -0.39 is 0 Å². The number of rotatable bonds is 4. The summed E-state index contributed by atoms with van der Waals surface area (Å²) in [5.41, 5.74) is 8.84. The Kier molecular flexibility index (Phi) is 3.87. The molecule has 1 saturated carbocycles. The van der Waals surface area contributed by atoms with Crippen molar-refractivity contribution in [2.75, 3.05) is 7.05 Å². The van der Waals surface area contributed by atoms with Gasteiger partial charge in [0.1, 0.15) is 0 Å². The first-order valence-corrected chi connectivity index (χ1v) is 6.39. The molecule has 4 heteroatoms. The van der Waals surface area contributed by atoms with Crippen LogP contribution in [0.3, 0.4) is 0 Å². The predicted molar refractivity (Wildman–Crippen MR) is 72.8 cm³/mol. The number of hydrogen-bond donors (Lipinski definition) is 2. The summed E-state index contributed by atoms with van der Waals surface area (Å²) in [5, 5.41) is 11.7. The van der Waals surface area contributed by atoms with E-state index in [4.69, 9.17) is 10.9 Å². The SMILES string of the molecule is Cc1cc(/C(N)=N/O)ccc1CN(C)C1CCC1. The fourth-order valence-electron chi connectivity index (χ4n) is 2.32. The first-order chi connectivity index (χ1) is 8.61. The highest BCUT2D eigenvalue weighted by Gasteiger charge is 2.22. The second kappa shape index (κ2) is 5.40. The van der Waals surface area contributed by atoms with Crippen molar-refractivity contribution in [1.29, 1.82) is 0 Å². The molecule has 98 valence electrons. The number of aryl methyl sites for hydroxylation is 1. The minimum absolute atomic E-state index is 0.164. The molecule has 0 aromatic heterocycles. The van der Waals surface area contributed by atoms with Crippen LogP contribution in [0.25, 0.3) is 0 Å². The summed E-state index contributed by atoms with van der Waals surface area (Å²) in [4.78, 5) is 2.41. The molecule has 1 aromatic rings. The van der Waals surface area contributed by atoms with E-state index in [0.29, 0.717) is 0 Å². The zero-order valence-electron chi connectivity index (χ0n) is 11.1. The molecule has 0 spiro atoms. The average Bonchev–Trinajstić information content (AvgIpc) is 2.28. The third kappa shape index (κ3) is 2.64. The maximum atomic E-state index is 8.66. The van der Waals surface area contributed by atoms with Crippen LogP contribution in [0.1, 0.15) is 36.0 Å². The van der Waals surface area contributed by atoms with Gasteiger partial charge < -0.3 is 10.9 Å². The van der Waals surface area contributed by atoms with Crippen LogP contribution >= 0.6 is 0 Å². The quantitative estimate of drug-likeness (QED) is 0.370.